The van der Waals surface area contributed by atoms with Gasteiger partial charge in [-0.15, -0.1) is 0 Å². The molecule has 12 rings (SSSR count). The number of hydrogen-bond donors (Lipinski definition) is 0. The smallest absolute Gasteiger partial charge is 0.268 e. The van der Waals surface area contributed by atoms with E-state index < -0.39 is 0 Å². The maximum Gasteiger partial charge on any atom is 0.268 e. The van der Waals surface area contributed by atoms with Gasteiger partial charge in [-0.3, -0.25) is 9.59 Å². The summed E-state index contributed by atoms with van der Waals surface area (Å²) in [5, 5.41) is 3.84. The molecule has 0 atom stereocenters. The molecule has 3 aromatic heterocycles. The molecule has 11 aromatic rings. The summed E-state index contributed by atoms with van der Waals surface area (Å²) in [7, 11) is 0. The fourth-order valence-corrected chi connectivity index (χ4v) is 9.05. The van der Waals surface area contributed by atoms with Crippen LogP contribution in [0.25, 0.3) is 89.2 Å². The summed E-state index contributed by atoms with van der Waals surface area (Å²) in [6.45, 7) is 0. The largest absolute Gasteiger partial charge is 0.308 e. The zero-order valence-corrected chi connectivity index (χ0v) is 32.5. The minimum atomic E-state index is -0.387. The Hall–Kier alpha value is -8.49. The zero-order chi connectivity index (χ0) is 40.6. The Morgan fingerprint density at radius 1 is 0.328 bits per heavy atom. The molecule has 61 heavy (non-hydrogen) atoms. The van der Waals surface area contributed by atoms with E-state index in [9.17, 15) is 0 Å². The molecule has 286 valence electrons. The predicted octanol–water partition coefficient (Wildman–Crippen LogP) is 11.9. The van der Waals surface area contributed by atoms with Crippen molar-refractivity contribution in [2.45, 2.75) is 0 Å². The molecule has 0 fully saturated rings. The molecule has 0 saturated carbocycles. The summed E-state index contributed by atoms with van der Waals surface area (Å²) < 4.78 is 4.29. The number of fused-ring (bicyclic) bond motifs is 10. The molecular formula is C53H32N6O2. The molecule has 0 unspecified atom stereocenters. The third-order valence-corrected chi connectivity index (χ3v) is 11.7. The number of anilines is 1. The fourth-order valence-electron chi connectivity index (χ4n) is 9.05. The zero-order valence-electron chi connectivity index (χ0n) is 32.5. The third-order valence-electron chi connectivity index (χ3n) is 11.7. The number of carbonyl (C=O) groups is 2. The first-order valence-corrected chi connectivity index (χ1v) is 20.1. The number of carbonyl (C=O) groups excluding carboxylic acids is 2. The van der Waals surface area contributed by atoms with E-state index in [1.165, 1.54) is 4.90 Å². The van der Waals surface area contributed by atoms with E-state index in [0.717, 1.165) is 60.6 Å². The second-order valence-electron chi connectivity index (χ2n) is 15.1. The van der Waals surface area contributed by atoms with Gasteiger partial charge in [-0.2, -0.15) is 0 Å². The van der Waals surface area contributed by atoms with Crippen LogP contribution in [-0.2, 0) is 0 Å². The van der Waals surface area contributed by atoms with Crippen LogP contribution in [0.4, 0.5) is 5.69 Å². The second kappa shape index (κ2) is 13.5. The average molecular weight is 785 g/mol. The van der Waals surface area contributed by atoms with Crippen LogP contribution >= 0.6 is 0 Å². The average Bonchev–Trinajstić information content (AvgIpc) is 3.94. The summed E-state index contributed by atoms with van der Waals surface area (Å²) in [6, 6.07) is 63.6. The normalized spacial score (nSPS) is 12.6. The SMILES string of the molecule is O=C1c2c(c3c(c4ccccc4n3-c3ccccc3)c3c4ccccc4n(-c4ccccc4)c23)C(=O)N1c1ccc(-c2nc(-c3ccccc3)nc(-c3ccccc3)n2)cc1. The number of nitrogens with zero attached hydrogens (tertiary/aromatic N) is 6. The number of imide groups is 1. The van der Waals surface area contributed by atoms with Crippen molar-refractivity contribution in [3.8, 4) is 45.5 Å². The minimum Gasteiger partial charge on any atom is -0.308 e. The van der Waals surface area contributed by atoms with Crippen LogP contribution in [0.1, 0.15) is 20.7 Å². The van der Waals surface area contributed by atoms with Crippen LogP contribution in [0.15, 0.2) is 194 Å². The molecule has 1 aliphatic heterocycles. The highest BCUT2D eigenvalue weighted by atomic mass is 16.2. The van der Waals surface area contributed by atoms with Crippen LogP contribution in [0.5, 0.6) is 0 Å². The van der Waals surface area contributed by atoms with Crippen LogP contribution in [0, 0.1) is 0 Å². The molecule has 0 N–H and O–H groups in total. The van der Waals surface area contributed by atoms with Gasteiger partial charge >= 0.3 is 0 Å². The highest BCUT2D eigenvalue weighted by Gasteiger charge is 2.43. The van der Waals surface area contributed by atoms with Gasteiger partial charge in [0.1, 0.15) is 0 Å². The highest BCUT2D eigenvalue weighted by molar-refractivity contribution is 6.45. The van der Waals surface area contributed by atoms with Crippen LogP contribution in [0.2, 0.25) is 0 Å². The van der Waals surface area contributed by atoms with Crippen LogP contribution in [-0.4, -0.2) is 35.9 Å². The van der Waals surface area contributed by atoms with Gasteiger partial charge in [-0.25, -0.2) is 19.9 Å². The highest BCUT2D eigenvalue weighted by Crippen LogP contribution is 2.48. The van der Waals surface area contributed by atoms with E-state index in [4.69, 9.17) is 15.0 Å². The van der Waals surface area contributed by atoms with Gasteiger partial charge in [-0.1, -0.05) is 133 Å². The van der Waals surface area contributed by atoms with E-state index >= 15 is 9.59 Å². The topological polar surface area (TPSA) is 85.9 Å². The van der Waals surface area contributed by atoms with E-state index in [-0.39, 0.29) is 11.8 Å². The first kappa shape index (κ1) is 34.5. The van der Waals surface area contributed by atoms with Crippen molar-refractivity contribution in [1.82, 2.24) is 24.1 Å². The first-order chi connectivity index (χ1) is 30.1. The molecule has 0 spiro atoms. The van der Waals surface area contributed by atoms with Crippen molar-refractivity contribution in [2.75, 3.05) is 4.90 Å². The van der Waals surface area contributed by atoms with Crippen LogP contribution in [0.3, 0.4) is 0 Å². The van der Waals surface area contributed by atoms with Crippen molar-refractivity contribution >= 4 is 61.1 Å². The number of rotatable bonds is 6. The lowest BCUT2D eigenvalue weighted by atomic mass is 9.98. The Bertz CT molecular complexity index is 3330. The summed E-state index contributed by atoms with van der Waals surface area (Å²) >= 11 is 0. The number of para-hydroxylation sites is 4. The Morgan fingerprint density at radius 2 is 0.672 bits per heavy atom. The molecule has 0 saturated heterocycles. The molecule has 8 heteroatoms. The summed E-state index contributed by atoms with van der Waals surface area (Å²) in [6.07, 6.45) is 0. The molecule has 2 amide bonds. The number of hydrogen-bond acceptors (Lipinski definition) is 5. The van der Waals surface area contributed by atoms with Gasteiger partial charge < -0.3 is 9.13 Å². The quantitative estimate of drug-likeness (QED) is 0.157. The predicted molar refractivity (Wildman–Crippen MR) is 242 cm³/mol. The van der Waals surface area contributed by atoms with E-state index in [0.29, 0.717) is 45.3 Å². The van der Waals surface area contributed by atoms with Crippen molar-refractivity contribution in [1.29, 1.82) is 0 Å². The first-order valence-electron chi connectivity index (χ1n) is 20.1. The molecular weight excluding hydrogens is 753 g/mol. The Balaban J connectivity index is 1.10. The fraction of sp³-hybridized carbons (Fsp3) is 0. The molecule has 0 bridgehead atoms. The molecule has 0 aliphatic carbocycles. The number of amides is 2. The van der Waals surface area contributed by atoms with Crippen LogP contribution < -0.4 is 4.90 Å². The van der Waals surface area contributed by atoms with Gasteiger partial charge in [0.2, 0.25) is 0 Å². The number of aromatic nitrogens is 5. The van der Waals surface area contributed by atoms with Gasteiger partial charge in [0.25, 0.3) is 11.8 Å². The van der Waals surface area contributed by atoms with Crippen molar-refractivity contribution < 1.29 is 9.59 Å². The molecule has 8 nitrogen and oxygen atoms in total. The maximum absolute atomic E-state index is 15.4. The second-order valence-corrected chi connectivity index (χ2v) is 15.1. The lowest BCUT2D eigenvalue weighted by molar-refractivity contribution is 0.0927. The van der Waals surface area contributed by atoms with Gasteiger partial charge in [0.15, 0.2) is 17.5 Å². The molecule has 4 heterocycles. The standard InChI is InChI=1S/C53H32N6O2/c60-52-45-46(53(61)59(52)38-31-29-35(30-32-38)51-55-49(33-17-5-1-6-18-33)54-50(56-51)34-19-7-2-8-20-34)48-44(40-26-14-16-28-42(40)58(48)37-23-11-4-12-24-37)43-39-25-13-15-27-41(39)57(47(43)45)36-21-9-3-10-22-36/h1-32H. The van der Waals surface area contributed by atoms with Gasteiger partial charge in [-0.05, 0) is 60.7 Å². The van der Waals surface area contributed by atoms with E-state index in [1.54, 1.807) is 12.1 Å². The Labute approximate surface area is 349 Å². The van der Waals surface area contributed by atoms with Gasteiger partial charge in [0.05, 0.1) is 38.9 Å². The van der Waals surface area contributed by atoms with Crippen molar-refractivity contribution in [2.24, 2.45) is 0 Å². The summed E-state index contributed by atoms with van der Waals surface area (Å²) in [5.74, 6) is 0.795. The lowest BCUT2D eigenvalue weighted by Gasteiger charge is -2.15. The van der Waals surface area contributed by atoms with Crippen molar-refractivity contribution in [3.05, 3.63) is 205 Å². The maximum atomic E-state index is 15.4. The van der Waals surface area contributed by atoms with E-state index in [1.807, 2.05) is 158 Å². The monoisotopic (exact) mass is 784 g/mol. The lowest BCUT2D eigenvalue weighted by Crippen LogP contribution is -2.29. The number of benzene rings is 8. The third kappa shape index (κ3) is 5.22. The minimum absolute atomic E-state index is 0.370. The van der Waals surface area contributed by atoms with E-state index in [2.05, 4.69) is 33.4 Å². The van der Waals surface area contributed by atoms with Crippen molar-refractivity contribution in [3.63, 3.8) is 0 Å². The summed E-state index contributed by atoms with van der Waals surface area (Å²) in [5.41, 5.74) is 8.72. The summed E-state index contributed by atoms with van der Waals surface area (Å²) in [4.78, 5) is 46.8. The Kier molecular flexibility index (Phi) is 7.67. The molecule has 0 radical (unpaired) electrons. The Morgan fingerprint density at radius 3 is 1.08 bits per heavy atom. The molecule has 1 aliphatic rings. The molecule has 8 aromatic carbocycles. The van der Waals surface area contributed by atoms with Gasteiger partial charge in [0, 0.05) is 49.6 Å².